The Morgan fingerprint density at radius 1 is 1.18 bits per heavy atom. The summed E-state index contributed by atoms with van der Waals surface area (Å²) >= 11 is 0. The lowest BCUT2D eigenvalue weighted by atomic mass is 10.0. The fourth-order valence-electron chi connectivity index (χ4n) is 2.78. The van der Waals surface area contributed by atoms with Gasteiger partial charge in [-0.05, 0) is 66.2 Å². The van der Waals surface area contributed by atoms with Gasteiger partial charge in [0.15, 0.2) is 0 Å². The molecule has 22 heavy (non-hydrogen) atoms. The summed E-state index contributed by atoms with van der Waals surface area (Å²) in [5.41, 5.74) is -0.134. The van der Waals surface area contributed by atoms with Gasteiger partial charge in [-0.1, -0.05) is 13.3 Å². The molecule has 0 radical (unpaired) electrons. The molecule has 4 heteroatoms. The van der Waals surface area contributed by atoms with Crippen molar-refractivity contribution in [2.45, 2.75) is 85.3 Å². The minimum atomic E-state index is -0.451. The van der Waals surface area contributed by atoms with Gasteiger partial charge < -0.3 is 15.0 Å². The third-order valence-corrected chi connectivity index (χ3v) is 4.17. The summed E-state index contributed by atoms with van der Waals surface area (Å²) in [5.74, 6) is 0. The zero-order valence-electron chi connectivity index (χ0n) is 15.7. The van der Waals surface area contributed by atoms with E-state index in [0.717, 1.165) is 13.1 Å². The Kier molecular flexibility index (Phi) is 6.31. The number of ether oxygens (including phenoxy) is 1. The summed E-state index contributed by atoms with van der Waals surface area (Å²) in [4.78, 5) is 14.2. The highest BCUT2D eigenvalue weighted by molar-refractivity contribution is 5.69. The molecule has 0 aliphatic heterocycles. The molecule has 130 valence electrons. The first-order valence-electron chi connectivity index (χ1n) is 8.70. The number of carbonyl (C=O) groups excluding carboxylic acids is 1. The van der Waals surface area contributed by atoms with Crippen molar-refractivity contribution >= 4 is 6.09 Å². The summed E-state index contributed by atoms with van der Waals surface area (Å²) in [7, 11) is 0. The van der Waals surface area contributed by atoms with Crippen LogP contribution in [0, 0.1) is 5.41 Å². The van der Waals surface area contributed by atoms with Gasteiger partial charge in [0.1, 0.15) is 5.60 Å². The van der Waals surface area contributed by atoms with Crippen LogP contribution in [0.25, 0.3) is 0 Å². The van der Waals surface area contributed by atoms with Gasteiger partial charge in [-0.15, -0.1) is 0 Å². The molecule has 1 fully saturated rings. The van der Waals surface area contributed by atoms with E-state index in [-0.39, 0.29) is 11.6 Å². The minimum absolute atomic E-state index is 0.225. The van der Waals surface area contributed by atoms with Crippen LogP contribution < -0.4 is 5.32 Å². The molecule has 1 saturated carbocycles. The predicted octanol–water partition coefficient (Wildman–Crippen LogP) is 4.19. The van der Waals surface area contributed by atoms with Crippen molar-refractivity contribution in [3.63, 3.8) is 0 Å². The average molecular weight is 312 g/mol. The van der Waals surface area contributed by atoms with E-state index in [4.69, 9.17) is 4.74 Å². The molecular formula is C18H36N2O2. The molecule has 0 aromatic heterocycles. The van der Waals surface area contributed by atoms with Crippen molar-refractivity contribution in [1.82, 2.24) is 10.2 Å². The molecule has 1 N–H and O–H groups in total. The first-order valence-corrected chi connectivity index (χ1v) is 8.70. The second kappa shape index (κ2) is 7.20. The Morgan fingerprint density at radius 3 is 2.18 bits per heavy atom. The van der Waals surface area contributed by atoms with Gasteiger partial charge in [-0.25, -0.2) is 4.79 Å². The molecule has 1 aliphatic carbocycles. The van der Waals surface area contributed by atoms with Crippen molar-refractivity contribution < 1.29 is 9.53 Å². The molecule has 0 spiro atoms. The van der Waals surface area contributed by atoms with Gasteiger partial charge in [0, 0.05) is 25.2 Å². The Morgan fingerprint density at radius 2 is 1.77 bits per heavy atom. The zero-order valence-corrected chi connectivity index (χ0v) is 15.7. The smallest absolute Gasteiger partial charge is 0.410 e. The molecule has 1 aliphatic rings. The summed E-state index contributed by atoms with van der Waals surface area (Å²) < 4.78 is 5.53. The topological polar surface area (TPSA) is 41.6 Å². The molecule has 0 aromatic carbocycles. The monoisotopic (exact) mass is 312 g/mol. The molecule has 1 amide bonds. The largest absolute Gasteiger partial charge is 0.444 e. The third-order valence-electron chi connectivity index (χ3n) is 4.17. The van der Waals surface area contributed by atoms with E-state index in [1.165, 1.54) is 25.7 Å². The van der Waals surface area contributed by atoms with Crippen molar-refractivity contribution in [2.75, 3.05) is 19.6 Å². The Hall–Kier alpha value is -0.770. The molecule has 0 saturated heterocycles. The van der Waals surface area contributed by atoms with Crippen LogP contribution in [0.5, 0.6) is 0 Å². The van der Waals surface area contributed by atoms with Gasteiger partial charge in [0.25, 0.3) is 0 Å². The van der Waals surface area contributed by atoms with Crippen molar-refractivity contribution in [1.29, 1.82) is 0 Å². The van der Waals surface area contributed by atoms with Crippen molar-refractivity contribution in [3.05, 3.63) is 0 Å². The number of carbonyl (C=O) groups is 1. The number of nitrogens with zero attached hydrogens (tertiary/aromatic N) is 1. The van der Waals surface area contributed by atoms with Gasteiger partial charge in [0.2, 0.25) is 0 Å². The minimum Gasteiger partial charge on any atom is -0.444 e. The van der Waals surface area contributed by atoms with Gasteiger partial charge in [0.05, 0.1) is 0 Å². The molecule has 0 atom stereocenters. The van der Waals surface area contributed by atoms with E-state index in [2.05, 4.69) is 33.0 Å². The van der Waals surface area contributed by atoms with E-state index in [0.29, 0.717) is 12.0 Å². The van der Waals surface area contributed by atoms with Gasteiger partial charge in [-0.3, -0.25) is 0 Å². The van der Waals surface area contributed by atoms with Crippen LogP contribution in [0.1, 0.15) is 74.1 Å². The van der Waals surface area contributed by atoms with Crippen LogP contribution in [0.2, 0.25) is 0 Å². The number of hydrogen-bond acceptors (Lipinski definition) is 3. The quantitative estimate of drug-likeness (QED) is 0.717. The molecule has 1 rings (SSSR count). The zero-order chi connectivity index (χ0) is 17.0. The lowest BCUT2D eigenvalue weighted by Crippen LogP contribution is -2.50. The highest BCUT2D eigenvalue weighted by Gasteiger charge is 2.40. The van der Waals surface area contributed by atoms with E-state index in [9.17, 15) is 4.79 Å². The first-order chi connectivity index (χ1) is 9.99. The van der Waals surface area contributed by atoms with Crippen LogP contribution in [0.4, 0.5) is 4.79 Å². The lowest BCUT2D eigenvalue weighted by Gasteiger charge is -2.37. The normalized spacial score (nSPS) is 17.2. The van der Waals surface area contributed by atoms with Crippen LogP contribution in [-0.4, -0.2) is 41.8 Å². The number of rotatable bonds is 7. The standard InChI is InChI=1S/C18H36N2O2/c1-8-9-18(10-11-18)14-19-12-13-20(16(2,3)4)15(21)22-17(5,6)7/h19H,8-14H2,1-7H3. The van der Waals surface area contributed by atoms with Crippen molar-refractivity contribution in [3.8, 4) is 0 Å². The number of nitrogens with one attached hydrogen (secondary N) is 1. The van der Waals surface area contributed by atoms with Gasteiger partial charge >= 0.3 is 6.09 Å². The van der Waals surface area contributed by atoms with Crippen molar-refractivity contribution in [2.24, 2.45) is 5.41 Å². The number of amides is 1. The second-order valence-corrected chi connectivity index (χ2v) is 8.73. The molecule has 0 bridgehead atoms. The third kappa shape index (κ3) is 6.55. The highest BCUT2D eigenvalue weighted by atomic mass is 16.6. The Labute approximate surface area is 137 Å². The van der Waals surface area contributed by atoms with Crippen LogP contribution >= 0.6 is 0 Å². The van der Waals surface area contributed by atoms with E-state index < -0.39 is 5.60 Å². The van der Waals surface area contributed by atoms with E-state index in [1.54, 1.807) is 0 Å². The van der Waals surface area contributed by atoms with Crippen LogP contribution in [-0.2, 0) is 4.74 Å². The maximum Gasteiger partial charge on any atom is 0.410 e. The van der Waals surface area contributed by atoms with E-state index in [1.807, 2.05) is 25.7 Å². The number of hydrogen-bond donors (Lipinski definition) is 1. The molecule has 0 unspecified atom stereocenters. The van der Waals surface area contributed by atoms with E-state index >= 15 is 0 Å². The summed E-state index contributed by atoms with van der Waals surface area (Å²) in [5, 5.41) is 3.54. The highest BCUT2D eigenvalue weighted by Crippen LogP contribution is 2.48. The summed E-state index contributed by atoms with van der Waals surface area (Å²) in [6.07, 6.45) is 5.05. The van der Waals surface area contributed by atoms with Gasteiger partial charge in [-0.2, -0.15) is 0 Å². The SMILES string of the molecule is CCCC1(CNCCN(C(=O)OC(C)(C)C)C(C)(C)C)CC1. The van der Waals surface area contributed by atoms with Crippen LogP contribution in [0.15, 0.2) is 0 Å². The summed E-state index contributed by atoms with van der Waals surface area (Å²) in [6.45, 7) is 16.7. The molecule has 4 nitrogen and oxygen atoms in total. The maximum absolute atomic E-state index is 12.4. The average Bonchev–Trinajstić information content (AvgIpc) is 3.05. The first kappa shape index (κ1) is 19.3. The molecule has 0 aromatic rings. The Balaban J connectivity index is 2.44. The predicted molar refractivity (Wildman–Crippen MR) is 92.1 cm³/mol. The summed E-state index contributed by atoms with van der Waals surface area (Å²) in [6, 6.07) is 0. The molecular weight excluding hydrogens is 276 g/mol. The fraction of sp³-hybridized carbons (Fsp3) is 0.944. The Bertz CT molecular complexity index is 362. The molecule has 0 heterocycles. The fourth-order valence-corrected chi connectivity index (χ4v) is 2.78. The second-order valence-electron chi connectivity index (χ2n) is 8.73. The lowest BCUT2D eigenvalue weighted by molar-refractivity contribution is 0.00659. The maximum atomic E-state index is 12.4. The van der Waals surface area contributed by atoms with Crippen LogP contribution in [0.3, 0.4) is 0 Å².